The Balaban J connectivity index is 1.59. The average Bonchev–Trinajstić information content (AvgIpc) is 2.58. The van der Waals surface area contributed by atoms with Gasteiger partial charge in [-0.15, -0.1) is 0 Å². The van der Waals surface area contributed by atoms with Crippen LogP contribution in [0.25, 0.3) is 0 Å². The molecule has 24 heavy (non-hydrogen) atoms. The lowest BCUT2D eigenvalue weighted by molar-refractivity contribution is -0.155. The summed E-state index contributed by atoms with van der Waals surface area (Å²) >= 11 is 5.92. The van der Waals surface area contributed by atoms with Gasteiger partial charge in [-0.05, 0) is 25.0 Å². The fourth-order valence-electron chi connectivity index (χ4n) is 2.98. The molecule has 3 N–H and O–H groups in total. The van der Waals surface area contributed by atoms with Crippen molar-refractivity contribution in [3.8, 4) is 0 Å². The number of hydrogen-bond acceptors (Lipinski definition) is 4. The molecule has 1 aromatic carbocycles. The number of carbonyl (C=O) groups excluding carboxylic acids is 2. The van der Waals surface area contributed by atoms with Gasteiger partial charge < -0.3 is 15.7 Å². The Kier molecular flexibility index (Phi) is 4.44. The van der Waals surface area contributed by atoms with Crippen molar-refractivity contribution < 1.29 is 19.5 Å². The van der Waals surface area contributed by atoms with Gasteiger partial charge in [0.25, 0.3) is 5.91 Å². The molecule has 1 aromatic rings. The van der Waals surface area contributed by atoms with E-state index in [1.165, 1.54) is 4.90 Å². The lowest BCUT2D eigenvalue weighted by Gasteiger charge is -2.49. The molecule has 0 radical (unpaired) electrons. The molecule has 126 valence electrons. The van der Waals surface area contributed by atoms with Gasteiger partial charge in [-0.3, -0.25) is 14.5 Å². The third-order valence-electron chi connectivity index (χ3n) is 4.12. The van der Waals surface area contributed by atoms with Crippen molar-refractivity contribution in [1.82, 2.24) is 10.2 Å². The molecule has 0 aliphatic carbocycles. The van der Waals surface area contributed by atoms with Crippen LogP contribution in [0.2, 0.25) is 0 Å². The number of hydrogen-bond donors (Lipinski definition) is 3. The third-order valence-corrected chi connectivity index (χ3v) is 4.49. The second-order valence-electron chi connectivity index (χ2n) is 5.64. The monoisotopic (exact) mass is 349 g/mol. The van der Waals surface area contributed by atoms with Gasteiger partial charge in [0.1, 0.15) is 11.7 Å². The number of amides is 2. The van der Waals surface area contributed by atoms with Crippen LogP contribution in [0.4, 0.5) is 5.69 Å². The molecule has 1 unspecified atom stereocenters. The van der Waals surface area contributed by atoms with E-state index in [4.69, 9.17) is 11.6 Å². The van der Waals surface area contributed by atoms with Crippen LogP contribution < -0.4 is 10.6 Å². The molecule has 1 saturated heterocycles. The van der Waals surface area contributed by atoms with Gasteiger partial charge in [0.05, 0.1) is 12.6 Å². The van der Waals surface area contributed by atoms with Gasteiger partial charge in [-0.2, -0.15) is 0 Å². The number of rotatable bonds is 5. The quantitative estimate of drug-likeness (QED) is 0.692. The van der Waals surface area contributed by atoms with Crippen LogP contribution in [-0.4, -0.2) is 46.4 Å². The number of carboxylic acids is 1. The molecule has 0 spiro atoms. The Bertz CT molecular complexity index is 719. The number of benzene rings is 1. The van der Waals surface area contributed by atoms with Crippen LogP contribution in [-0.2, 0) is 14.4 Å². The molecule has 0 saturated carbocycles. The number of β-lactam (4-membered cyclic amide) rings is 1. The molecular formula is C16H16ClN3O4. The van der Waals surface area contributed by atoms with Crippen molar-refractivity contribution in [2.24, 2.45) is 0 Å². The zero-order valence-electron chi connectivity index (χ0n) is 12.7. The average molecular weight is 350 g/mol. The predicted octanol–water partition coefficient (Wildman–Crippen LogP) is 1.12. The molecule has 2 amide bonds. The Morgan fingerprint density at radius 3 is 2.67 bits per heavy atom. The van der Waals surface area contributed by atoms with Crippen LogP contribution >= 0.6 is 11.6 Å². The van der Waals surface area contributed by atoms with Gasteiger partial charge in [0.15, 0.2) is 0 Å². The first-order valence-corrected chi connectivity index (χ1v) is 7.90. The minimum absolute atomic E-state index is 0.0307. The van der Waals surface area contributed by atoms with E-state index in [1.807, 2.05) is 30.3 Å². The standard InChI is InChI=1S/C16H16ClN3O4/c17-10-6-7-11-13(15(22)20(11)14(10)16(23)24)19-12(21)8-18-9-4-2-1-3-5-9/h1-5,11,13,18H,6-8H2,(H,19,21)(H,23,24)/t11?,13-/m1/s1. The van der Waals surface area contributed by atoms with Crippen molar-refractivity contribution >= 4 is 35.1 Å². The normalized spacial score (nSPS) is 22.5. The topological polar surface area (TPSA) is 98.7 Å². The molecule has 3 rings (SSSR count). The molecule has 8 heteroatoms. The number of fused-ring (bicyclic) bond motifs is 1. The van der Waals surface area contributed by atoms with Crippen molar-refractivity contribution in [2.45, 2.75) is 24.9 Å². The first-order valence-electron chi connectivity index (χ1n) is 7.52. The second kappa shape index (κ2) is 6.52. The Labute approximate surface area is 143 Å². The highest BCUT2D eigenvalue weighted by Gasteiger charge is 2.53. The summed E-state index contributed by atoms with van der Waals surface area (Å²) in [7, 11) is 0. The summed E-state index contributed by atoms with van der Waals surface area (Å²) in [5.74, 6) is -1.99. The van der Waals surface area contributed by atoms with Crippen molar-refractivity contribution in [3.63, 3.8) is 0 Å². The Hall–Kier alpha value is -2.54. The van der Waals surface area contributed by atoms with Crippen LogP contribution in [0.1, 0.15) is 12.8 Å². The van der Waals surface area contributed by atoms with E-state index in [9.17, 15) is 19.5 Å². The van der Waals surface area contributed by atoms with Gasteiger partial charge in [-0.25, -0.2) is 4.79 Å². The number of allylic oxidation sites excluding steroid dienone is 1. The van der Waals surface area contributed by atoms with E-state index in [1.54, 1.807) is 0 Å². The van der Waals surface area contributed by atoms with Crippen LogP contribution in [0.5, 0.6) is 0 Å². The maximum atomic E-state index is 12.2. The molecule has 2 aliphatic heterocycles. The molecule has 7 nitrogen and oxygen atoms in total. The minimum atomic E-state index is -1.23. The van der Waals surface area contributed by atoms with Crippen molar-refractivity contribution in [2.75, 3.05) is 11.9 Å². The Morgan fingerprint density at radius 2 is 2.00 bits per heavy atom. The maximum Gasteiger partial charge on any atom is 0.353 e. The summed E-state index contributed by atoms with van der Waals surface area (Å²) in [6.07, 6.45) is 0.907. The smallest absolute Gasteiger partial charge is 0.353 e. The van der Waals surface area contributed by atoms with Crippen LogP contribution in [0.3, 0.4) is 0 Å². The molecule has 1 fully saturated rings. The number of anilines is 1. The minimum Gasteiger partial charge on any atom is -0.477 e. The number of nitrogens with one attached hydrogen (secondary N) is 2. The fraction of sp³-hybridized carbons (Fsp3) is 0.312. The van der Waals surface area contributed by atoms with Crippen LogP contribution in [0.15, 0.2) is 41.1 Å². The molecular weight excluding hydrogens is 334 g/mol. The van der Waals surface area contributed by atoms with E-state index in [2.05, 4.69) is 10.6 Å². The summed E-state index contributed by atoms with van der Waals surface area (Å²) in [6, 6.07) is 8.17. The number of carboxylic acid groups (broad SMARTS) is 1. The van der Waals surface area contributed by atoms with E-state index in [-0.39, 0.29) is 29.2 Å². The first kappa shape index (κ1) is 16.3. The summed E-state index contributed by atoms with van der Waals surface area (Å²) < 4.78 is 0. The lowest BCUT2D eigenvalue weighted by atomic mass is 9.86. The van der Waals surface area contributed by atoms with Crippen LogP contribution in [0, 0.1) is 0 Å². The molecule has 2 atom stereocenters. The molecule has 0 bridgehead atoms. The van der Waals surface area contributed by atoms with E-state index in [0.717, 1.165) is 5.69 Å². The lowest BCUT2D eigenvalue weighted by Crippen LogP contribution is -2.71. The van der Waals surface area contributed by atoms with Crippen molar-refractivity contribution in [1.29, 1.82) is 0 Å². The van der Waals surface area contributed by atoms with Gasteiger partial charge in [0, 0.05) is 10.7 Å². The predicted molar refractivity (Wildman–Crippen MR) is 87.2 cm³/mol. The first-order chi connectivity index (χ1) is 11.5. The summed E-state index contributed by atoms with van der Waals surface area (Å²) in [6.45, 7) is 0.0307. The van der Waals surface area contributed by atoms with E-state index >= 15 is 0 Å². The van der Waals surface area contributed by atoms with Gasteiger partial charge >= 0.3 is 5.97 Å². The summed E-state index contributed by atoms with van der Waals surface area (Å²) in [5, 5.41) is 15.0. The van der Waals surface area contributed by atoms with E-state index < -0.39 is 17.9 Å². The fourth-order valence-corrected chi connectivity index (χ4v) is 3.26. The zero-order valence-corrected chi connectivity index (χ0v) is 13.4. The summed E-state index contributed by atoms with van der Waals surface area (Å²) in [4.78, 5) is 36.6. The number of nitrogens with zero attached hydrogens (tertiary/aromatic N) is 1. The summed E-state index contributed by atoms with van der Waals surface area (Å²) in [5.41, 5.74) is 0.626. The molecule has 2 heterocycles. The highest BCUT2D eigenvalue weighted by atomic mass is 35.5. The highest BCUT2D eigenvalue weighted by Crippen LogP contribution is 2.37. The molecule has 0 aromatic heterocycles. The maximum absolute atomic E-state index is 12.2. The number of para-hydroxylation sites is 1. The third kappa shape index (κ3) is 2.94. The SMILES string of the molecule is O=C(CNc1ccccc1)N[C@H]1C(=O)N2C(C(=O)O)=C(Cl)CCC12. The zero-order chi connectivity index (χ0) is 17.3. The van der Waals surface area contributed by atoms with Gasteiger partial charge in [-0.1, -0.05) is 29.8 Å². The van der Waals surface area contributed by atoms with E-state index in [0.29, 0.717) is 12.8 Å². The number of carbonyl (C=O) groups is 3. The number of aliphatic carboxylic acids is 1. The second-order valence-corrected chi connectivity index (χ2v) is 6.09. The Morgan fingerprint density at radius 1 is 1.29 bits per heavy atom. The number of halogens is 1. The highest BCUT2D eigenvalue weighted by molar-refractivity contribution is 6.32. The van der Waals surface area contributed by atoms with Gasteiger partial charge in [0.2, 0.25) is 5.91 Å². The molecule has 2 aliphatic rings. The largest absolute Gasteiger partial charge is 0.477 e. The van der Waals surface area contributed by atoms with Crippen molar-refractivity contribution in [3.05, 3.63) is 41.1 Å².